The van der Waals surface area contributed by atoms with Crippen molar-refractivity contribution in [3.8, 4) is 0 Å². The second-order valence-electron chi connectivity index (χ2n) is 5.06. The Morgan fingerprint density at radius 1 is 1.26 bits per heavy atom. The van der Waals surface area contributed by atoms with Crippen molar-refractivity contribution in [2.75, 3.05) is 5.32 Å². The number of anilines is 1. The van der Waals surface area contributed by atoms with Gasteiger partial charge < -0.3 is 5.32 Å². The molecule has 1 aliphatic rings. The number of pyridine rings is 1. The molecule has 19 heavy (non-hydrogen) atoms. The molecule has 3 rings (SSSR count). The fraction of sp³-hybridized carbons (Fsp3) is 0.286. The average Bonchev–Trinajstić information content (AvgIpc) is 2.90. The van der Waals surface area contributed by atoms with Crippen LogP contribution in [0.3, 0.4) is 0 Å². The minimum Gasteiger partial charge on any atom is -0.310 e. The number of hydrogen-bond donors (Lipinski definition) is 1. The molecule has 1 amide bonds. The van der Waals surface area contributed by atoms with Gasteiger partial charge in [0, 0.05) is 5.39 Å². The minimum atomic E-state index is -0.964. The topological polar surface area (TPSA) is 42.0 Å². The van der Waals surface area contributed by atoms with Crippen LogP contribution in [-0.4, -0.2) is 15.2 Å². The van der Waals surface area contributed by atoms with Gasteiger partial charge in [-0.1, -0.05) is 18.2 Å². The van der Waals surface area contributed by atoms with Gasteiger partial charge in [0.2, 0.25) is 5.91 Å². The number of fused-ring (bicyclic) bond motifs is 1. The number of rotatable bonds is 2. The number of aromatic nitrogens is 1. The van der Waals surface area contributed by atoms with Gasteiger partial charge in [0.15, 0.2) is 0 Å². The van der Waals surface area contributed by atoms with Gasteiger partial charge >= 0.3 is 0 Å². The highest BCUT2D eigenvalue weighted by Crippen LogP contribution is 2.64. The summed E-state index contributed by atoms with van der Waals surface area (Å²) in [5, 5.41) is 3.80. The number of para-hydroxylation sites is 1. The van der Waals surface area contributed by atoms with Crippen molar-refractivity contribution < 1.29 is 4.79 Å². The molecule has 98 valence electrons. The lowest BCUT2D eigenvalue weighted by Crippen LogP contribution is -2.26. The Bertz CT molecular complexity index is 671. The van der Waals surface area contributed by atoms with Crippen LogP contribution in [0.2, 0.25) is 0 Å². The zero-order valence-corrected chi connectivity index (χ0v) is 11.8. The third-order valence-electron chi connectivity index (χ3n) is 3.60. The van der Waals surface area contributed by atoms with E-state index in [1.165, 1.54) is 0 Å². The quantitative estimate of drug-likeness (QED) is 0.857. The maximum atomic E-state index is 12.1. The monoisotopic (exact) mass is 294 g/mol. The summed E-state index contributed by atoms with van der Waals surface area (Å²) >= 11 is 12.0. The number of carbonyl (C=O) groups excluding carboxylic acids is 1. The molecule has 1 unspecified atom stereocenters. The number of halogens is 2. The average molecular weight is 295 g/mol. The van der Waals surface area contributed by atoms with E-state index < -0.39 is 9.75 Å². The molecule has 1 aliphatic carbocycles. The molecule has 1 N–H and O–H groups in total. The van der Waals surface area contributed by atoms with Crippen molar-refractivity contribution in [3.05, 3.63) is 36.4 Å². The van der Waals surface area contributed by atoms with Crippen LogP contribution in [0.1, 0.15) is 13.3 Å². The molecule has 5 heteroatoms. The van der Waals surface area contributed by atoms with Gasteiger partial charge in [-0.15, -0.1) is 23.2 Å². The van der Waals surface area contributed by atoms with Crippen molar-refractivity contribution in [3.63, 3.8) is 0 Å². The summed E-state index contributed by atoms with van der Waals surface area (Å²) in [4.78, 5) is 16.5. The van der Waals surface area contributed by atoms with Crippen LogP contribution < -0.4 is 5.32 Å². The molecule has 0 bridgehead atoms. The predicted molar refractivity (Wildman–Crippen MR) is 77.5 cm³/mol. The Kier molecular flexibility index (Phi) is 2.73. The Balaban J connectivity index is 1.84. The van der Waals surface area contributed by atoms with E-state index in [1.54, 1.807) is 13.0 Å². The zero-order valence-electron chi connectivity index (χ0n) is 10.3. The first-order chi connectivity index (χ1) is 8.92. The highest BCUT2D eigenvalue weighted by Gasteiger charge is 2.67. The first-order valence-corrected chi connectivity index (χ1v) is 6.73. The molecular formula is C14H12Cl2N2O. The van der Waals surface area contributed by atoms with Gasteiger partial charge in [-0.3, -0.25) is 4.79 Å². The van der Waals surface area contributed by atoms with E-state index in [9.17, 15) is 4.79 Å². The third kappa shape index (κ3) is 2.07. The van der Waals surface area contributed by atoms with Crippen LogP contribution in [0, 0.1) is 5.41 Å². The largest absolute Gasteiger partial charge is 0.310 e. The van der Waals surface area contributed by atoms with Gasteiger partial charge in [-0.25, -0.2) is 4.98 Å². The van der Waals surface area contributed by atoms with Crippen LogP contribution in [0.5, 0.6) is 0 Å². The number of nitrogens with one attached hydrogen (secondary N) is 1. The van der Waals surface area contributed by atoms with Gasteiger partial charge in [0.05, 0.1) is 10.9 Å². The van der Waals surface area contributed by atoms with Crippen LogP contribution in [-0.2, 0) is 4.79 Å². The van der Waals surface area contributed by atoms with E-state index in [-0.39, 0.29) is 5.91 Å². The minimum absolute atomic E-state index is 0.194. The lowest BCUT2D eigenvalue weighted by atomic mass is 10.1. The molecule has 1 aromatic carbocycles. The van der Waals surface area contributed by atoms with Crippen LogP contribution in [0.15, 0.2) is 36.4 Å². The van der Waals surface area contributed by atoms with E-state index in [0.29, 0.717) is 12.2 Å². The molecule has 1 fully saturated rings. The molecule has 2 aromatic rings. The maximum absolute atomic E-state index is 12.1. The number of hydrogen-bond acceptors (Lipinski definition) is 2. The van der Waals surface area contributed by atoms with E-state index in [4.69, 9.17) is 23.2 Å². The number of nitrogens with zero attached hydrogens (tertiary/aromatic N) is 1. The van der Waals surface area contributed by atoms with Crippen molar-refractivity contribution in [1.29, 1.82) is 0 Å². The Labute approximate surface area is 120 Å². The molecule has 0 radical (unpaired) electrons. The van der Waals surface area contributed by atoms with Crippen LogP contribution in [0.25, 0.3) is 10.9 Å². The number of carbonyl (C=O) groups is 1. The number of alkyl halides is 2. The van der Waals surface area contributed by atoms with Gasteiger partial charge in [-0.05, 0) is 31.5 Å². The summed E-state index contributed by atoms with van der Waals surface area (Å²) in [5.74, 6) is 0.321. The second-order valence-corrected chi connectivity index (χ2v) is 6.54. The van der Waals surface area contributed by atoms with E-state index in [1.807, 2.05) is 30.3 Å². The summed E-state index contributed by atoms with van der Waals surface area (Å²) in [7, 11) is 0. The molecule has 0 saturated heterocycles. The number of amides is 1. The molecule has 0 spiro atoms. The van der Waals surface area contributed by atoms with Gasteiger partial charge in [-0.2, -0.15) is 0 Å². The Morgan fingerprint density at radius 2 is 1.95 bits per heavy atom. The van der Waals surface area contributed by atoms with E-state index >= 15 is 0 Å². The molecule has 1 aromatic heterocycles. The number of benzene rings is 1. The highest BCUT2D eigenvalue weighted by molar-refractivity contribution is 6.53. The summed E-state index contributed by atoms with van der Waals surface area (Å²) < 4.78 is -0.964. The van der Waals surface area contributed by atoms with Crippen LogP contribution >= 0.6 is 23.2 Å². The van der Waals surface area contributed by atoms with E-state index in [2.05, 4.69) is 10.3 Å². The highest BCUT2D eigenvalue weighted by atomic mass is 35.5. The Morgan fingerprint density at radius 3 is 2.63 bits per heavy atom. The summed E-state index contributed by atoms with van der Waals surface area (Å²) in [6.45, 7) is 1.75. The smallest absolute Gasteiger partial charge is 0.234 e. The van der Waals surface area contributed by atoms with Crippen molar-refractivity contribution in [2.24, 2.45) is 5.41 Å². The maximum Gasteiger partial charge on any atom is 0.234 e. The Hall–Kier alpha value is -1.32. The van der Waals surface area contributed by atoms with Crippen molar-refractivity contribution >= 4 is 45.8 Å². The van der Waals surface area contributed by atoms with Crippen molar-refractivity contribution in [2.45, 2.75) is 17.7 Å². The molecule has 1 saturated carbocycles. The van der Waals surface area contributed by atoms with E-state index in [0.717, 1.165) is 10.9 Å². The summed E-state index contributed by atoms with van der Waals surface area (Å²) in [6, 6.07) is 11.4. The van der Waals surface area contributed by atoms with Gasteiger partial charge in [0.1, 0.15) is 10.2 Å². The second kappa shape index (κ2) is 4.09. The molecule has 1 heterocycles. The van der Waals surface area contributed by atoms with Crippen molar-refractivity contribution in [1.82, 2.24) is 4.98 Å². The fourth-order valence-electron chi connectivity index (χ4n) is 2.04. The SMILES string of the molecule is CC1(C(=O)Nc2ccc3ccccc3n2)CC1(Cl)Cl. The first-order valence-electron chi connectivity index (χ1n) is 5.97. The summed E-state index contributed by atoms with van der Waals surface area (Å²) in [6.07, 6.45) is 0.461. The van der Waals surface area contributed by atoms with Gasteiger partial charge in [0.25, 0.3) is 0 Å². The third-order valence-corrected chi connectivity index (χ3v) is 4.70. The zero-order chi connectivity index (χ0) is 13.7. The predicted octanol–water partition coefficient (Wildman–Crippen LogP) is 3.76. The molecule has 1 atom stereocenters. The molecule has 0 aliphatic heterocycles. The first kappa shape index (κ1) is 12.7. The fourth-order valence-corrected chi connectivity index (χ4v) is 2.74. The standard InChI is InChI=1S/C14H12Cl2N2O/c1-13(8-14(13,15)16)12(19)18-11-7-6-9-4-2-3-5-10(9)17-11/h2-7H,8H2,1H3,(H,17,18,19). The lowest BCUT2D eigenvalue weighted by Gasteiger charge is -2.12. The van der Waals surface area contributed by atoms with Crippen LogP contribution in [0.4, 0.5) is 5.82 Å². The normalized spacial score (nSPS) is 24.2. The lowest BCUT2D eigenvalue weighted by molar-refractivity contribution is -0.120. The molecular weight excluding hydrogens is 283 g/mol. The summed E-state index contributed by atoms with van der Waals surface area (Å²) in [5.41, 5.74) is 0.105. The molecule has 3 nitrogen and oxygen atoms in total.